The van der Waals surface area contributed by atoms with E-state index >= 15 is 0 Å². The van der Waals surface area contributed by atoms with Crippen molar-refractivity contribution in [1.82, 2.24) is 0 Å². The lowest BCUT2D eigenvalue weighted by Crippen LogP contribution is -2.01. The van der Waals surface area contributed by atoms with Crippen molar-refractivity contribution in [3.63, 3.8) is 0 Å². The lowest BCUT2D eigenvalue weighted by molar-refractivity contribution is 0.201. The van der Waals surface area contributed by atoms with Crippen molar-refractivity contribution in [3.05, 3.63) is 48.3 Å². The highest BCUT2D eigenvalue weighted by atomic mass is 19.1. The molecule has 0 aliphatic heterocycles. The van der Waals surface area contributed by atoms with E-state index in [2.05, 4.69) is 0 Å². The maximum absolute atomic E-state index is 13.4. The Balaban J connectivity index is 2.39. The smallest absolute Gasteiger partial charge is 0.127 e. The van der Waals surface area contributed by atoms with Crippen LogP contribution in [0.5, 0.6) is 11.5 Å². The molecule has 0 amide bonds. The van der Waals surface area contributed by atoms with Crippen molar-refractivity contribution in [2.75, 3.05) is 13.2 Å². The van der Waals surface area contributed by atoms with Crippen molar-refractivity contribution in [2.45, 2.75) is 0 Å². The lowest BCUT2D eigenvalue weighted by atomic mass is 10.0. The fraction of sp³-hybridized carbons (Fsp3) is 0.143. The molecule has 2 N–H and O–H groups in total. The predicted octanol–water partition coefficient (Wildman–Crippen LogP) is 2.57. The van der Waals surface area contributed by atoms with Gasteiger partial charge >= 0.3 is 0 Å². The first-order valence-corrected chi connectivity index (χ1v) is 5.53. The maximum atomic E-state index is 13.4. The van der Waals surface area contributed by atoms with Crippen LogP contribution in [-0.2, 0) is 0 Å². The fourth-order valence-electron chi connectivity index (χ4n) is 1.68. The second kappa shape index (κ2) is 5.51. The molecule has 94 valence electrons. The molecule has 2 rings (SSSR count). The molecule has 2 aromatic carbocycles. The Labute approximate surface area is 104 Å². The number of phenols is 1. The summed E-state index contributed by atoms with van der Waals surface area (Å²) in [4.78, 5) is 0. The molecule has 3 nitrogen and oxygen atoms in total. The molecular formula is C14H13FO3. The molecule has 0 aliphatic carbocycles. The summed E-state index contributed by atoms with van der Waals surface area (Å²) in [5.74, 6) is -0.0535. The van der Waals surface area contributed by atoms with Crippen LogP contribution in [0.2, 0.25) is 0 Å². The third-order valence-corrected chi connectivity index (χ3v) is 2.45. The molecule has 0 spiro atoms. The van der Waals surface area contributed by atoms with Gasteiger partial charge in [0.2, 0.25) is 0 Å². The van der Waals surface area contributed by atoms with Gasteiger partial charge < -0.3 is 14.9 Å². The topological polar surface area (TPSA) is 49.7 Å². The summed E-state index contributed by atoms with van der Waals surface area (Å²) in [5.41, 5.74) is 1.06. The van der Waals surface area contributed by atoms with Crippen LogP contribution in [0.15, 0.2) is 42.5 Å². The van der Waals surface area contributed by atoms with Crippen molar-refractivity contribution in [2.24, 2.45) is 0 Å². The van der Waals surface area contributed by atoms with E-state index < -0.39 is 5.82 Å². The summed E-state index contributed by atoms with van der Waals surface area (Å²) in [6.45, 7) is -0.0356. The molecule has 0 saturated heterocycles. The molecule has 0 atom stereocenters. The fourth-order valence-corrected chi connectivity index (χ4v) is 1.68. The zero-order valence-electron chi connectivity index (χ0n) is 9.64. The molecule has 2 aromatic rings. The van der Waals surface area contributed by atoms with Crippen molar-refractivity contribution in [1.29, 1.82) is 0 Å². The Kier molecular flexibility index (Phi) is 3.79. The predicted molar refractivity (Wildman–Crippen MR) is 66.1 cm³/mol. The first kappa shape index (κ1) is 12.4. The number of halogens is 1. The molecule has 4 heteroatoms. The minimum atomic E-state index is -0.455. The molecule has 0 saturated carbocycles. The average molecular weight is 248 g/mol. The number of aromatic hydroxyl groups is 1. The highest BCUT2D eigenvalue weighted by Crippen LogP contribution is 2.31. The second-order valence-electron chi connectivity index (χ2n) is 3.76. The first-order valence-electron chi connectivity index (χ1n) is 5.53. The van der Waals surface area contributed by atoms with Crippen molar-refractivity contribution in [3.8, 4) is 22.6 Å². The zero-order valence-corrected chi connectivity index (χ0v) is 9.64. The summed E-state index contributed by atoms with van der Waals surface area (Å²) >= 11 is 0. The highest BCUT2D eigenvalue weighted by molar-refractivity contribution is 5.71. The molecule has 0 aromatic heterocycles. The van der Waals surface area contributed by atoms with E-state index in [1.54, 1.807) is 24.3 Å². The van der Waals surface area contributed by atoms with E-state index in [1.807, 2.05) is 0 Å². The van der Waals surface area contributed by atoms with E-state index in [0.717, 1.165) is 0 Å². The van der Waals surface area contributed by atoms with E-state index in [4.69, 9.17) is 9.84 Å². The van der Waals surface area contributed by atoms with E-state index in [0.29, 0.717) is 16.9 Å². The zero-order chi connectivity index (χ0) is 13.0. The molecule has 0 aliphatic rings. The van der Waals surface area contributed by atoms with Crippen LogP contribution in [0.3, 0.4) is 0 Å². The Morgan fingerprint density at radius 3 is 2.61 bits per heavy atom. The van der Waals surface area contributed by atoms with Crippen LogP contribution in [0.4, 0.5) is 4.39 Å². The number of phenolic OH excluding ortho intramolecular Hbond substituents is 1. The minimum Gasteiger partial charge on any atom is -0.507 e. The number of aliphatic hydroxyl groups excluding tert-OH is 1. The summed E-state index contributed by atoms with van der Waals surface area (Å²) < 4.78 is 18.6. The number of ether oxygens (including phenoxy) is 1. The second-order valence-corrected chi connectivity index (χ2v) is 3.76. The Morgan fingerprint density at radius 1 is 1.11 bits per heavy atom. The quantitative estimate of drug-likeness (QED) is 0.874. The van der Waals surface area contributed by atoms with Gasteiger partial charge in [-0.05, 0) is 23.8 Å². The normalized spacial score (nSPS) is 10.3. The molecule has 0 unspecified atom stereocenters. The number of aliphatic hydroxyl groups is 1. The van der Waals surface area contributed by atoms with Gasteiger partial charge in [-0.3, -0.25) is 0 Å². The van der Waals surface area contributed by atoms with Crippen LogP contribution in [0.25, 0.3) is 11.1 Å². The van der Waals surface area contributed by atoms with Crippen molar-refractivity contribution < 1.29 is 19.3 Å². The monoisotopic (exact) mass is 248 g/mol. The van der Waals surface area contributed by atoms with E-state index in [-0.39, 0.29) is 19.0 Å². The number of rotatable bonds is 4. The molecule has 0 radical (unpaired) electrons. The number of benzene rings is 2. The summed E-state index contributed by atoms with van der Waals surface area (Å²) in [5, 5.41) is 18.4. The average Bonchev–Trinajstić information content (AvgIpc) is 2.36. The summed E-state index contributed by atoms with van der Waals surface area (Å²) in [7, 11) is 0. The van der Waals surface area contributed by atoms with Gasteiger partial charge in [0.1, 0.15) is 23.9 Å². The van der Waals surface area contributed by atoms with Gasteiger partial charge in [0.15, 0.2) is 0 Å². The standard InChI is InChI=1S/C14H13FO3/c15-11-7-10(8-12(9-11)18-6-5-16)13-3-1-2-4-14(13)17/h1-4,7-9,16-17H,5-6H2. The molecule has 0 bridgehead atoms. The number of hydrogen-bond donors (Lipinski definition) is 2. The SMILES string of the molecule is OCCOc1cc(F)cc(-c2ccccc2O)c1. The summed E-state index contributed by atoms with van der Waals surface area (Å²) in [6.07, 6.45) is 0. The van der Waals surface area contributed by atoms with E-state index in [9.17, 15) is 9.50 Å². The van der Waals surface area contributed by atoms with Gasteiger partial charge in [-0.1, -0.05) is 18.2 Å². The van der Waals surface area contributed by atoms with Crippen LogP contribution >= 0.6 is 0 Å². The van der Waals surface area contributed by atoms with Gasteiger partial charge in [0.05, 0.1) is 6.61 Å². The summed E-state index contributed by atoms with van der Waals surface area (Å²) in [6, 6.07) is 10.9. The minimum absolute atomic E-state index is 0.0798. The first-order chi connectivity index (χ1) is 8.70. The van der Waals surface area contributed by atoms with Crippen LogP contribution in [0.1, 0.15) is 0 Å². The molecule has 18 heavy (non-hydrogen) atoms. The van der Waals surface area contributed by atoms with Gasteiger partial charge in [-0.15, -0.1) is 0 Å². The number of hydrogen-bond acceptors (Lipinski definition) is 3. The molecular weight excluding hydrogens is 235 g/mol. The Bertz CT molecular complexity index is 540. The van der Waals surface area contributed by atoms with Crippen LogP contribution in [-0.4, -0.2) is 23.4 Å². The number of para-hydroxylation sites is 1. The van der Waals surface area contributed by atoms with Gasteiger partial charge in [0.25, 0.3) is 0 Å². The largest absolute Gasteiger partial charge is 0.507 e. The Hall–Kier alpha value is -2.07. The molecule has 0 heterocycles. The van der Waals surface area contributed by atoms with Gasteiger partial charge in [-0.25, -0.2) is 4.39 Å². The maximum Gasteiger partial charge on any atom is 0.127 e. The van der Waals surface area contributed by atoms with Crippen LogP contribution in [0, 0.1) is 5.82 Å². The van der Waals surface area contributed by atoms with Gasteiger partial charge in [-0.2, -0.15) is 0 Å². The van der Waals surface area contributed by atoms with E-state index in [1.165, 1.54) is 18.2 Å². The third kappa shape index (κ3) is 2.78. The Morgan fingerprint density at radius 2 is 1.89 bits per heavy atom. The lowest BCUT2D eigenvalue weighted by Gasteiger charge is -2.09. The van der Waals surface area contributed by atoms with Crippen molar-refractivity contribution >= 4 is 0 Å². The third-order valence-electron chi connectivity index (χ3n) is 2.45. The van der Waals surface area contributed by atoms with Gasteiger partial charge in [0, 0.05) is 11.6 Å². The molecule has 0 fully saturated rings. The van der Waals surface area contributed by atoms with Crippen LogP contribution < -0.4 is 4.74 Å². The highest BCUT2D eigenvalue weighted by Gasteiger charge is 2.07.